The molecule has 0 aliphatic heterocycles. The Morgan fingerprint density at radius 3 is 2.42 bits per heavy atom. The van der Waals surface area contributed by atoms with Gasteiger partial charge in [0.15, 0.2) is 0 Å². The summed E-state index contributed by atoms with van der Waals surface area (Å²) in [5.41, 5.74) is 4.68. The van der Waals surface area contributed by atoms with Gasteiger partial charge in [0.2, 0.25) is 5.91 Å². The molecule has 1 aromatic heterocycles. The van der Waals surface area contributed by atoms with Crippen molar-refractivity contribution >= 4 is 16.8 Å². The molecule has 1 heterocycles. The topological polar surface area (TPSA) is 44.9 Å². The third kappa shape index (κ3) is 3.98. The molecule has 0 bridgehead atoms. The van der Waals surface area contributed by atoms with Crippen molar-refractivity contribution in [2.75, 3.05) is 0 Å². The zero-order chi connectivity index (χ0) is 18.7. The smallest absolute Gasteiger partial charge is 0.221 e. The number of hydrogen-bond acceptors (Lipinski definition) is 1. The summed E-state index contributed by atoms with van der Waals surface area (Å²) in [7, 11) is 0. The standard InChI is InChI=1S/C23H28N2O/c1-15(2)17(4)25-23(26)13-20(18-11-9-16(3)10-12-18)21-14-24-22-8-6-5-7-19(21)22/h5-12,14-15,17,20,24H,13H2,1-4H3,(H,25,26)/t17-,20+/m1/s1. The fourth-order valence-corrected chi connectivity index (χ4v) is 3.25. The van der Waals surface area contributed by atoms with Crippen LogP contribution >= 0.6 is 0 Å². The number of carbonyl (C=O) groups excluding carboxylic acids is 1. The first-order chi connectivity index (χ1) is 12.5. The Bertz CT molecular complexity index is 877. The lowest BCUT2D eigenvalue weighted by atomic mass is 9.87. The van der Waals surface area contributed by atoms with Gasteiger partial charge in [0, 0.05) is 35.5 Å². The number of carbonyl (C=O) groups is 1. The number of amides is 1. The summed E-state index contributed by atoms with van der Waals surface area (Å²) in [6.07, 6.45) is 2.50. The molecule has 0 saturated carbocycles. The van der Waals surface area contributed by atoms with Gasteiger partial charge in [-0.25, -0.2) is 0 Å². The van der Waals surface area contributed by atoms with Crippen molar-refractivity contribution in [3.05, 3.63) is 71.4 Å². The predicted octanol–water partition coefficient (Wildman–Crippen LogP) is 5.16. The molecule has 136 valence electrons. The van der Waals surface area contributed by atoms with E-state index in [4.69, 9.17) is 0 Å². The van der Waals surface area contributed by atoms with Gasteiger partial charge in [0.25, 0.3) is 0 Å². The maximum atomic E-state index is 12.7. The Morgan fingerprint density at radius 1 is 1.04 bits per heavy atom. The number of hydrogen-bond donors (Lipinski definition) is 2. The van der Waals surface area contributed by atoms with Crippen LogP contribution < -0.4 is 5.32 Å². The fourth-order valence-electron chi connectivity index (χ4n) is 3.25. The second-order valence-corrected chi connectivity index (χ2v) is 7.56. The zero-order valence-corrected chi connectivity index (χ0v) is 16.0. The lowest BCUT2D eigenvalue weighted by Crippen LogP contribution is -2.36. The third-order valence-electron chi connectivity index (χ3n) is 5.25. The van der Waals surface area contributed by atoms with E-state index in [1.54, 1.807) is 0 Å². The van der Waals surface area contributed by atoms with Crippen LogP contribution in [0.2, 0.25) is 0 Å². The predicted molar refractivity (Wildman–Crippen MR) is 108 cm³/mol. The first-order valence-electron chi connectivity index (χ1n) is 9.37. The summed E-state index contributed by atoms with van der Waals surface area (Å²) < 4.78 is 0. The molecule has 1 amide bonds. The molecule has 3 heteroatoms. The van der Waals surface area contributed by atoms with Crippen molar-refractivity contribution in [1.82, 2.24) is 10.3 Å². The molecule has 0 saturated heterocycles. The highest BCUT2D eigenvalue weighted by Crippen LogP contribution is 2.33. The molecule has 0 radical (unpaired) electrons. The fraction of sp³-hybridized carbons (Fsp3) is 0.348. The Kier molecular flexibility index (Phi) is 5.46. The molecule has 0 aliphatic rings. The lowest BCUT2D eigenvalue weighted by Gasteiger charge is -2.21. The van der Waals surface area contributed by atoms with E-state index in [1.165, 1.54) is 22.1 Å². The average molecular weight is 348 g/mol. The number of aromatic nitrogens is 1. The van der Waals surface area contributed by atoms with Crippen LogP contribution in [-0.2, 0) is 4.79 Å². The summed E-state index contributed by atoms with van der Waals surface area (Å²) in [6.45, 7) is 8.40. The Balaban J connectivity index is 1.94. The van der Waals surface area contributed by atoms with Gasteiger partial charge in [-0.3, -0.25) is 4.79 Å². The molecule has 0 fully saturated rings. The Labute approximate surface area is 155 Å². The highest BCUT2D eigenvalue weighted by Gasteiger charge is 2.22. The normalized spacial score (nSPS) is 13.7. The van der Waals surface area contributed by atoms with Crippen LogP contribution in [0.3, 0.4) is 0 Å². The molecular formula is C23H28N2O. The number of benzene rings is 2. The van der Waals surface area contributed by atoms with E-state index in [-0.39, 0.29) is 17.9 Å². The summed E-state index contributed by atoms with van der Waals surface area (Å²) in [5, 5.41) is 4.33. The highest BCUT2D eigenvalue weighted by molar-refractivity contribution is 5.86. The quantitative estimate of drug-likeness (QED) is 0.635. The van der Waals surface area contributed by atoms with Gasteiger partial charge in [-0.1, -0.05) is 61.9 Å². The van der Waals surface area contributed by atoms with Crippen molar-refractivity contribution in [1.29, 1.82) is 0 Å². The molecular weight excluding hydrogens is 320 g/mol. The molecule has 2 N–H and O–H groups in total. The summed E-state index contributed by atoms with van der Waals surface area (Å²) in [5.74, 6) is 0.554. The van der Waals surface area contributed by atoms with Gasteiger partial charge in [-0.05, 0) is 37.0 Å². The van der Waals surface area contributed by atoms with Crippen molar-refractivity contribution in [2.45, 2.75) is 46.1 Å². The number of H-pyrrole nitrogens is 1. The van der Waals surface area contributed by atoms with E-state index < -0.39 is 0 Å². The minimum Gasteiger partial charge on any atom is -0.361 e. The van der Waals surface area contributed by atoms with Gasteiger partial charge in [-0.2, -0.15) is 0 Å². The maximum Gasteiger partial charge on any atom is 0.221 e. The van der Waals surface area contributed by atoms with Gasteiger partial charge in [0.1, 0.15) is 0 Å². The van der Waals surface area contributed by atoms with Crippen molar-refractivity contribution < 1.29 is 4.79 Å². The maximum absolute atomic E-state index is 12.7. The van der Waals surface area contributed by atoms with Gasteiger partial charge >= 0.3 is 0 Å². The molecule has 2 aromatic carbocycles. The molecule has 0 unspecified atom stereocenters. The van der Waals surface area contributed by atoms with Crippen LogP contribution in [-0.4, -0.2) is 16.9 Å². The van der Waals surface area contributed by atoms with Crippen LogP contribution in [0.5, 0.6) is 0 Å². The number of aromatic amines is 1. The minimum atomic E-state index is 0.0334. The monoisotopic (exact) mass is 348 g/mol. The summed E-state index contributed by atoms with van der Waals surface area (Å²) >= 11 is 0. The second kappa shape index (κ2) is 7.77. The van der Waals surface area contributed by atoms with Crippen LogP contribution in [0.25, 0.3) is 10.9 Å². The van der Waals surface area contributed by atoms with Crippen molar-refractivity contribution in [3.63, 3.8) is 0 Å². The first kappa shape index (κ1) is 18.2. The van der Waals surface area contributed by atoms with Crippen molar-refractivity contribution in [3.8, 4) is 0 Å². The van der Waals surface area contributed by atoms with Crippen LogP contribution in [0.4, 0.5) is 0 Å². The summed E-state index contributed by atoms with van der Waals surface area (Å²) in [4.78, 5) is 16.1. The average Bonchev–Trinajstić information content (AvgIpc) is 3.04. The molecule has 3 aromatic rings. The van der Waals surface area contributed by atoms with E-state index in [2.05, 4.69) is 74.4 Å². The molecule has 0 spiro atoms. The Hall–Kier alpha value is -2.55. The second-order valence-electron chi connectivity index (χ2n) is 7.56. The molecule has 26 heavy (non-hydrogen) atoms. The van der Waals surface area contributed by atoms with Gasteiger partial charge in [0.05, 0.1) is 0 Å². The van der Waals surface area contributed by atoms with E-state index in [9.17, 15) is 4.79 Å². The zero-order valence-electron chi connectivity index (χ0n) is 16.0. The SMILES string of the molecule is Cc1ccc([C@H](CC(=O)N[C@H](C)C(C)C)c2c[nH]c3ccccc23)cc1. The number of para-hydroxylation sites is 1. The number of aryl methyl sites for hydroxylation is 1. The van der Waals surface area contributed by atoms with Gasteiger partial charge < -0.3 is 10.3 Å². The number of nitrogens with one attached hydrogen (secondary N) is 2. The number of rotatable bonds is 6. The minimum absolute atomic E-state index is 0.0334. The molecule has 2 atom stereocenters. The summed E-state index contributed by atoms with van der Waals surface area (Å²) in [6, 6.07) is 17.0. The molecule has 0 aliphatic carbocycles. The third-order valence-corrected chi connectivity index (χ3v) is 5.25. The number of fused-ring (bicyclic) bond motifs is 1. The largest absolute Gasteiger partial charge is 0.361 e. The molecule has 3 rings (SSSR count). The first-order valence-corrected chi connectivity index (χ1v) is 9.37. The van der Waals surface area contributed by atoms with Gasteiger partial charge in [-0.15, -0.1) is 0 Å². The van der Waals surface area contributed by atoms with Crippen LogP contribution in [0, 0.1) is 12.8 Å². The van der Waals surface area contributed by atoms with E-state index >= 15 is 0 Å². The lowest BCUT2D eigenvalue weighted by molar-refractivity contribution is -0.122. The van der Waals surface area contributed by atoms with Crippen molar-refractivity contribution in [2.24, 2.45) is 5.92 Å². The Morgan fingerprint density at radius 2 is 1.73 bits per heavy atom. The highest BCUT2D eigenvalue weighted by atomic mass is 16.1. The molecule has 3 nitrogen and oxygen atoms in total. The van der Waals surface area contributed by atoms with Crippen LogP contribution in [0.1, 0.15) is 49.8 Å². The van der Waals surface area contributed by atoms with Crippen LogP contribution in [0.15, 0.2) is 54.7 Å². The van der Waals surface area contributed by atoms with E-state index in [0.717, 1.165) is 5.52 Å². The van der Waals surface area contributed by atoms with E-state index in [0.29, 0.717) is 12.3 Å². The van der Waals surface area contributed by atoms with E-state index in [1.807, 2.05) is 18.3 Å².